The maximum atomic E-state index is 12.3. The molecule has 142 valence electrons. The van der Waals surface area contributed by atoms with Crippen molar-refractivity contribution in [3.8, 4) is 5.75 Å². The van der Waals surface area contributed by atoms with Crippen molar-refractivity contribution in [1.82, 2.24) is 5.01 Å². The van der Waals surface area contributed by atoms with Crippen molar-refractivity contribution in [2.24, 2.45) is 5.10 Å². The van der Waals surface area contributed by atoms with Gasteiger partial charge < -0.3 is 14.3 Å². The van der Waals surface area contributed by atoms with E-state index in [1.165, 1.54) is 23.4 Å². The van der Waals surface area contributed by atoms with Gasteiger partial charge in [-0.05, 0) is 17.7 Å². The zero-order valence-electron chi connectivity index (χ0n) is 15.0. The molecule has 0 atom stereocenters. The maximum absolute atomic E-state index is 12.3. The number of esters is 1. The van der Waals surface area contributed by atoms with E-state index < -0.39 is 5.97 Å². The first-order valence-corrected chi connectivity index (χ1v) is 8.88. The second-order valence-corrected chi connectivity index (χ2v) is 6.46. The van der Waals surface area contributed by atoms with E-state index in [-0.39, 0.29) is 24.7 Å². The Balaban J connectivity index is 1.33. The lowest BCUT2D eigenvalue weighted by molar-refractivity contribution is -0.151. The first kappa shape index (κ1) is 17.8. The first-order chi connectivity index (χ1) is 13.6. The molecule has 7 heteroatoms. The zero-order chi connectivity index (χ0) is 19.5. The molecule has 0 saturated carbocycles. The van der Waals surface area contributed by atoms with Gasteiger partial charge in [0.05, 0.1) is 24.9 Å². The summed E-state index contributed by atoms with van der Waals surface area (Å²) in [6, 6.07) is 14.3. The Kier molecular flexibility index (Phi) is 4.80. The lowest BCUT2D eigenvalue weighted by Crippen LogP contribution is -2.29. The summed E-state index contributed by atoms with van der Waals surface area (Å²) in [6.07, 6.45) is 2.09. The lowest BCUT2D eigenvalue weighted by atomic mass is 10.1. The molecule has 1 amide bonds. The molecule has 0 saturated heterocycles. The SMILES string of the molecule is O=C(Cc1coc2cc(O)ccc12)OCC(=O)N1CCC(c2ccccc2)=N1. The number of hydrazone groups is 1. The fourth-order valence-corrected chi connectivity index (χ4v) is 3.10. The highest BCUT2D eigenvalue weighted by Gasteiger charge is 2.22. The summed E-state index contributed by atoms with van der Waals surface area (Å²) in [5.41, 5.74) is 2.94. The zero-order valence-corrected chi connectivity index (χ0v) is 15.0. The molecule has 0 bridgehead atoms. The molecule has 1 aromatic heterocycles. The molecular formula is C21H18N2O5. The Hall–Kier alpha value is -3.61. The molecule has 2 heterocycles. The molecule has 7 nitrogen and oxygen atoms in total. The van der Waals surface area contributed by atoms with Crippen LogP contribution in [0, 0.1) is 0 Å². The summed E-state index contributed by atoms with van der Waals surface area (Å²) >= 11 is 0. The average molecular weight is 378 g/mol. The molecule has 4 rings (SSSR count). The lowest BCUT2D eigenvalue weighted by Gasteiger charge is -2.11. The van der Waals surface area contributed by atoms with Crippen LogP contribution in [-0.4, -0.2) is 40.9 Å². The van der Waals surface area contributed by atoms with E-state index in [4.69, 9.17) is 9.15 Å². The predicted molar refractivity (Wildman–Crippen MR) is 102 cm³/mol. The van der Waals surface area contributed by atoms with Crippen molar-refractivity contribution in [1.29, 1.82) is 0 Å². The Morgan fingerprint density at radius 1 is 1.18 bits per heavy atom. The highest BCUT2D eigenvalue weighted by molar-refractivity contribution is 6.02. The van der Waals surface area contributed by atoms with Crippen LogP contribution in [0.15, 0.2) is 64.3 Å². The van der Waals surface area contributed by atoms with E-state index >= 15 is 0 Å². The molecule has 1 aliphatic heterocycles. The van der Waals surface area contributed by atoms with Gasteiger partial charge in [0.25, 0.3) is 5.91 Å². The van der Waals surface area contributed by atoms with Crippen molar-refractivity contribution >= 4 is 28.6 Å². The minimum Gasteiger partial charge on any atom is -0.508 e. The van der Waals surface area contributed by atoms with Gasteiger partial charge >= 0.3 is 5.97 Å². The Labute approximate surface area is 160 Å². The number of carbonyl (C=O) groups excluding carboxylic acids is 2. The quantitative estimate of drug-likeness (QED) is 0.689. The number of amides is 1. The van der Waals surface area contributed by atoms with Gasteiger partial charge in [0.1, 0.15) is 11.3 Å². The number of benzene rings is 2. The van der Waals surface area contributed by atoms with E-state index in [0.29, 0.717) is 24.1 Å². The first-order valence-electron chi connectivity index (χ1n) is 8.88. The third kappa shape index (κ3) is 3.73. The fourth-order valence-electron chi connectivity index (χ4n) is 3.10. The van der Waals surface area contributed by atoms with E-state index in [0.717, 1.165) is 16.7 Å². The number of ether oxygens (including phenoxy) is 1. The Morgan fingerprint density at radius 2 is 2.00 bits per heavy atom. The Morgan fingerprint density at radius 3 is 2.82 bits per heavy atom. The summed E-state index contributed by atoms with van der Waals surface area (Å²) in [7, 11) is 0. The fraction of sp³-hybridized carbons (Fsp3) is 0.190. The molecule has 0 aliphatic carbocycles. The molecule has 3 aromatic rings. The van der Waals surface area contributed by atoms with Gasteiger partial charge in [-0.25, -0.2) is 5.01 Å². The molecule has 0 unspecified atom stereocenters. The number of carbonyl (C=O) groups is 2. The molecule has 0 spiro atoms. The monoisotopic (exact) mass is 378 g/mol. The van der Waals surface area contributed by atoms with Crippen LogP contribution in [0.25, 0.3) is 11.0 Å². The number of phenols is 1. The van der Waals surface area contributed by atoms with Crippen LogP contribution in [0.1, 0.15) is 17.5 Å². The topological polar surface area (TPSA) is 92.3 Å². The van der Waals surface area contributed by atoms with Crippen LogP contribution >= 0.6 is 0 Å². The molecule has 1 N–H and O–H groups in total. The van der Waals surface area contributed by atoms with Gasteiger partial charge in [-0.2, -0.15) is 5.10 Å². The predicted octanol–water partition coefficient (Wildman–Crippen LogP) is 2.86. The second kappa shape index (κ2) is 7.56. The van der Waals surface area contributed by atoms with Gasteiger partial charge in [-0.3, -0.25) is 9.59 Å². The maximum Gasteiger partial charge on any atom is 0.310 e. The standard InChI is InChI=1S/C21H18N2O5/c24-16-6-7-17-15(12-27-19(17)11-16)10-21(26)28-13-20(25)23-9-8-18(22-23)14-4-2-1-3-5-14/h1-7,11-12,24H,8-10,13H2. The molecule has 0 radical (unpaired) electrons. The van der Waals surface area contributed by atoms with Crippen LogP contribution in [0.4, 0.5) is 0 Å². The van der Waals surface area contributed by atoms with Crippen LogP contribution < -0.4 is 0 Å². The molecule has 28 heavy (non-hydrogen) atoms. The number of nitrogens with zero attached hydrogens (tertiary/aromatic N) is 2. The van der Waals surface area contributed by atoms with Crippen LogP contribution in [0.5, 0.6) is 5.75 Å². The third-order valence-electron chi connectivity index (χ3n) is 4.53. The van der Waals surface area contributed by atoms with E-state index in [1.54, 1.807) is 6.07 Å². The summed E-state index contributed by atoms with van der Waals surface area (Å²) < 4.78 is 10.4. The summed E-state index contributed by atoms with van der Waals surface area (Å²) in [6.45, 7) is 0.109. The number of fused-ring (bicyclic) bond motifs is 1. The van der Waals surface area contributed by atoms with E-state index in [2.05, 4.69) is 5.10 Å². The third-order valence-corrected chi connectivity index (χ3v) is 4.53. The van der Waals surface area contributed by atoms with Crippen molar-refractivity contribution in [2.45, 2.75) is 12.8 Å². The highest BCUT2D eigenvalue weighted by atomic mass is 16.5. The van der Waals surface area contributed by atoms with Crippen molar-refractivity contribution in [3.05, 3.63) is 65.9 Å². The van der Waals surface area contributed by atoms with Gasteiger partial charge in [0.2, 0.25) is 0 Å². The van der Waals surface area contributed by atoms with Gasteiger partial charge in [0, 0.05) is 23.4 Å². The smallest absolute Gasteiger partial charge is 0.310 e. The summed E-state index contributed by atoms with van der Waals surface area (Å²) in [4.78, 5) is 24.4. The largest absolute Gasteiger partial charge is 0.508 e. The number of hydrogen-bond acceptors (Lipinski definition) is 6. The van der Waals surface area contributed by atoms with Crippen molar-refractivity contribution < 1.29 is 23.8 Å². The summed E-state index contributed by atoms with van der Waals surface area (Å²) in [5, 5.41) is 15.8. The molecular weight excluding hydrogens is 360 g/mol. The van der Waals surface area contributed by atoms with Crippen LogP contribution in [0.3, 0.4) is 0 Å². The summed E-state index contributed by atoms with van der Waals surface area (Å²) in [5.74, 6) is -0.806. The highest BCUT2D eigenvalue weighted by Crippen LogP contribution is 2.25. The normalized spacial score (nSPS) is 13.6. The number of aromatic hydroxyl groups is 1. The van der Waals surface area contributed by atoms with Crippen LogP contribution in [0.2, 0.25) is 0 Å². The average Bonchev–Trinajstić information content (AvgIpc) is 3.34. The van der Waals surface area contributed by atoms with Gasteiger partial charge in [0.15, 0.2) is 6.61 Å². The van der Waals surface area contributed by atoms with Crippen molar-refractivity contribution in [2.75, 3.05) is 13.2 Å². The Bertz CT molecular complexity index is 1060. The number of furan rings is 1. The minimum atomic E-state index is -0.532. The molecule has 0 fully saturated rings. The van der Waals surface area contributed by atoms with Gasteiger partial charge in [-0.15, -0.1) is 0 Å². The van der Waals surface area contributed by atoms with E-state index in [1.807, 2.05) is 30.3 Å². The number of rotatable bonds is 5. The molecule has 2 aromatic carbocycles. The minimum absolute atomic E-state index is 0.0242. The number of hydrogen-bond donors (Lipinski definition) is 1. The molecule has 1 aliphatic rings. The van der Waals surface area contributed by atoms with Crippen molar-refractivity contribution in [3.63, 3.8) is 0 Å². The van der Waals surface area contributed by atoms with Gasteiger partial charge in [-0.1, -0.05) is 30.3 Å². The second-order valence-electron chi connectivity index (χ2n) is 6.46. The number of phenolic OH excluding ortho intramolecular Hbond substituents is 1. The van der Waals surface area contributed by atoms with E-state index in [9.17, 15) is 14.7 Å². The van der Waals surface area contributed by atoms with Crippen LogP contribution in [-0.2, 0) is 20.7 Å².